The lowest BCUT2D eigenvalue weighted by Crippen LogP contribution is -2.47. The molecule has 2 unspecified atom stereocenters. The molecule has 2 atom stereocenters. The molecule has 3 aromatic carbocycles. The van der Waals surface area contributed by atoms with E-state index in [4.69, 9.17) is 9.47 Å². The summed E-state index contributed by atoms with van der Waals surface area (Å²) in [4.78, 5) is 29.5. The number of nitrogens with zero attached hydrogens (tertiary/aromatic N) is 1. The zero-order valence-corrected chi connectivity index (χ0v) is 19.9. The number of hydrogen-bond acceptors (Lipinski definition) is 5. The van der Waals surface area contributed by atoms with Gasteiger partial charge in [0.1, 0.15) is 5.25 Å². The number of fused-ring (bicyclic) bond motifs is 2. The van der Waals surface area contributed by atoms with Crippen molar-refractivity contribution in [2.24, 2.45) is 5.92 Å². The van der Waals surface area contributed by atoms with E-state index in [1.54, 1.807) is 0 Å². The number of rotatable bonds is 6. The van der Waals surface area contributed by atoms with Crippen molar-refractivity contribution in [3.8, 4) is 11.5 Å². The maximum atomic E-state index is 13.6. The lowest BCUT2D eigenvalue weighted by molar-refractivity contribution is -0.128. The van der Waals surface area contributed by atoms with E-state index in [0.717, 1.165) is 21.7 Å². The first kappa shape index (κ1) is 22.3. The molecule has 2 aliphatic rings. The third-order valence-corrected chi connectivity index (χ3v) is 7.62. The first-order chi connectivity index (χ1) is 16.5. The highest BCUT2D eigenvalue weighted by molar-refractivity contribution is 8.01. The summed E-state index contributed by atoms with van der Waals surface area (Å²) < 4.78 is 10.8. The second-order valence-electron chi connectivity index (χ2n) is 8.61. The molecule has 5 rings (SSSR count). The number of amides is 2. The van der Waals surface area contributed by atoms with Gasteiger partial charge < -0.3 is 19.7 Å². The van der Waals surface area contributed by atoms with E-state index >= 15 is 0 Å². The van der Waals surface area contributed by atoms with Crippen molar-refractivity contribution in [1.29, 1.82) is 0 Å². The minimum atomic E-state index is -0.503. The summed E-state index contributed by atoms with van der Waals surface area (Å²) >= 11 is 1.47. The van der Waals surface area contributed by atoms with Gasteiger partial charge in [0.2, 0.25) is 18.6 Å². The van der Waals surface area contributed by atoms with E-state index in [2.05, 4.69) is 5.32 Å². The first-order valence-corrected chi connectivity index (χ1v) is 12.2. The van der Waals surface area contributed by atoms with Gasteiger partial charge in [-0.05, 0) is 42.3 Å². The second kappa shape index (κ2) is 9.43. The number of thioether (sulfide) groups is 1. The molecule has 0 aliphatic carbocycles. The van der Waals surface area contributed by atoms with Crippen LogP contribution in [0.15, 0.2) is 71.6 Å². The molecule has 2 amide bonds. The van der Waals surface area contributed by atoms with E-state index in [-0.39, 0.29) is 18.6 Å². The smallest absolute Gasteiger partial charge is 0.241 e. The highest BCUT2D eigenvalue weighted by atomic mass is 32.2. The number of nitrogens with one attached hydrogen (secondary N) is 1. The van der Waals surface area contributed by atoms with Crippen LogP contribution in [0.2, 0.25) is 0 Å². The molecule has 0 bridgehead atoms. The van der Waals surface area contributed by atoms with Crippen molar-refractivity contribution in [1.82, 2.24) is 5.32 Å². The van der Waals surface area contributed by atoms with Crippen LogP contribution in [0.4, 0.5) is 5.69 Å². The monoisotopic (exact) mass is 474 g/mol. The quantitative estimate of drug-likeness (QED) is 0.562. The molecular formula is C27H26N2O4S. The van der Waals surface area contributed by atoms with Crippen molar-refractivity contribution >= 4 is 29.3 Å². The van der Waals surface area contributed by atoms with Gasteiger partial charge in [0.05, 0.1) is 18.2 Å². The molecule has 0 saturated heterocycles. The standard InChI is InChI=1S/C27H26N2O4S/c1-17-7-9-19(10-8-17)15-29-21-5-3-4-6-24(21)34-25(27(29)31)18(2)26(30)28-14-20-11-12-22-23(13-20)33-16-32-22/h3-13,18,25H,14-16H2,1-2H3,(H,28,30). The Labute approximate surface area is 203 Å². The number of aryl methyl sites for hydroxylation is 1. The summed E-state index contributed by atoms with van der Waals surface area (Å²) in [6.07, 6.45) is 0. The van der Waals surface area contributed by atoms with E-state index in [0.29, 0.717) is 24.6 Å². The Hall–Kier alpha value is -3.45. The number of hydrogen-bond donors (Lipinski definition) is 1. The van der Waals surface area contributed by atoms with Crippen LogP contribution < -0.4 is 19.7 Å². The Kier molecular flexibility index (Phi) is 6.20. The van der Waals surface area contributed by atoms with Crippen LogP contribution in [0.25, 0.3) is 0 Å². The van der Waals surface area contributed by atoms with Gasteiger partial charge in [-0.3, -0.25) is 9.59 Å². The normalized spacial score (nSPS) is 17.3. The Morgan fingerprint density at radius 2 is 1.79 bits per heavy atom. The van der Waals surface area contributed by atoms with Gasteiger partial charge in [-0.1, -0.05) is 55.0 Å². The van der Waals surface area contributed by atoms with Crippen LogP contribution in [0, 0.1) is 12.8 Å². The van der Waals surface area contributed by atoms with Crippen molar-refractivity contribution in [3.63, 3.8) is 0 Å². The fourth-order valence-electron chi connectivity index (χ4n) is 4.13. The highest BCUT2D eigenvalue weighted by Crippen LogP contribution is 2.42. The predicted molar refractivity (Wildman–Crippen MR) is 132 cm³/mol. The molecule has 1 N–H and O–H groups in total. The summed E-state index contributed by atoms with van der Waals surface area (Å²) in [5, 5.41) is 2.48. The summed E-state index contributed by atoms with van der Waals surface area (Å²) in [5.74, 6) is 0.690. The van der Waals surface area contributed by atoms with E-state index < -0.39 is 11.2 Å². The SMILES string of the molecule is Cc1ccc(CN2C(=O)C(C(C)C(=O)NCc3ccc4c(c3)OCO4)Sc3ccccc32)cc1. The summed E-state index contributed by atoms with van der Waals surface area (Å²) in [6, 6.07) is 21.7. The predicted octanol–water partition coefficient (Wildman–Crippen LogP) is 4.68. The average Bonchev–Trinajstić information content (AvgIpc) is 3.33. The molecule has 0 aromatic heterocycles. The van der Waals surface area contributed by atoms with Crippen LogP contribution in [0.3, 0.4) is 0 Å². The lowest BCUT2D eigenvalue weighted by Gasteiger charge is -2.35. The van der Waals surface area contributed by atoms with E-state index in [9.17, 15) is 9.59 Å². The van der Waals surface area contributed by atoms with Gasteiger partial charge in [0, 0.05) is 11.4 Å². The molecule has 0 saturated carbocycles. The minimum Gasteiger partial charge on any atom is -0.454 e. The minimum absolute atomic E-state index is 0.0463. The molecule has 174 valence electrons. The van der Waals surface area contributed by atoms with Gasteiger partial charge in [-0.2, -0.15) is 0 Å². The van der Waals surface area contributed by atoms with Gasteiger partial charge >= 0.3 is 0 Å². The Morgan fingerprint density at radius 3 is 2.62 bits per heavy atom. The summed E-state index contributed by atoms with van der Waals surface area (Å²) in [6.45, 7) is 4.90. The molecular weight excluding hydrogens is 448 g/mol. The third-order valence-electron chi connectivity index (χ3n) is 6.15. The van der Waals surface area contributed by atoms with Crippen LogP contribution in [0.5, 0.6) is 11.5 Å². The molecule has 0 radical (unpaired) electrons. The molecule has 0 spiro atoms. The second-order valence-corrected chi connectivity index (χ2v) is 9.79. The van der Waals surface area contributed by atoms with Crippen molar-refractivity contribution in [3.05, 3.63) is 83.4 Å². The number of ether oxygens (including phenoxy) is 2. The van der Waals surface area contributed by atoms with Crippen LogP contribution >= 0.6 is 11.8 Å². The Bertz CT molecular complexity index is 1230. The number of para-hydroxylation sites is 1. The van der Waals surface area contributed by atoms with Crippen molar-refractivity contribution in [2.45, 2.75) is 37.1 Å². The largest absolute Gasteiger partial charge is 0.454 e. The van der Waals surface area contributed by atoms with Crippen LogP contribution in [-0.2, 0) is 22.7 Å². The average molecular weight is 475 g/mol. The van der Waals surface area contributed by atoms with Gasteiger partial charge in [-0.25, -0.2) is 0 Å². The first-order valence-electron chi connectivity index (χ1n) is 11.3. The zero-order chi connectivity index (χ0) is 23.7. The number of carbonyl (C=O) groups is 2. The molecule has 2 aliphatic heterocycles. The van der Waals surface area contributed by atoms with E-state index in [1.807, 2.05) is 85.5 Å². The molecule has 6 nitrogen and oxygen atoms in total. The number of benzene rings is 3. The molecule has 0 fully saturated rings. The zero-order valence-electron chi connectivity index (χ0n) is 19.1. The number of carbonyl (C=O) groups excluding carboxylic acids is 2. The number of anilines is 1. The van der Waals surface area contributed by atoms with Crippen molar-refractivity contribution < 1.29 is 19.1 Å². The highest BCUT2D eigenvalue weighted by Gasteiger charge is 2.39. The Balaban J connectivity index is 1.31. The third kappa shape index (κ3) is 4.48. The van der Waals surface area contributed by atoms with E-state index in [1.165, 1.54) is 17.3 Å². The fourth-order valence-corrected chi connectivity index (χ4v) is 5.42. The van der Waals surface area contributed by atoms with Gasteiger partial charge in [-0.15, -0.1) is 11.8 Å². The topological polar surface area (TPSA) is 67.9 Å². The van der Waals surface area contributed by atoms with Crippen LogP contribution in [-0.4, -0.2) is 23.9 Å². The summed E-state index contributed by atoms with van der Waals surface area (Å²) in [7, 11) is 0. The molecule has 3 aromatic rings. The maximum Gasteiger partial charge on any atom is 0.241 e. The molecule has 7 heteroatoms. The van der Waals surface area contributed by atoms with Gasteiger partial charge in [0.25, 0.3) is 0 Å². The van der Waals surface area contributed by atoms with Gasteiger partial charge in [0.15, 0.2) is 11.5 Å². The van der Waals surface area contributed by atoms with Crippen molar-refractivity contribution in [2.75, 3.05) is 11.7 Å². The molecule has 2 heterocycles. The lowest BCUT2D eigenvalue weighted by atomic mass is 10.0. The Morgan fingerprint density at radius 1 is 1.06 bits per heavy atom. The van der Waals surface area contributed by atoms with Crippen LogP contribution in [0.1, 0.15) is 23.6 Å². The molecule has 34 heavy (non-hydrogen) atoms. The summed E-state index contributed by atoms with van der Waals surface area (Å²) in [5.41, 5.74) is 4.04. The fraction of sp³-hybridized carbons (Fsp3) is 0.259. The maximum absolute atomic E-state index is 13.6.